The van der Waals surface area contributed by atoms with E-state index in [1.807, 2.05) is 6.07 Å². The second-order valence-electron chi connectivity index (χ2n) is 8.83. The third-order valence-electron chi connectivity index (χ3n) is 6.51. The minimum Gasteiger partial charge on any atom is -0.369 e. The van der Waals surface area contributed by atoms with Crippen molar-refractivity contribution in [2.75, 3.05) is 25.4 Å². The lowest BCUT2D eigenvalue weighted by molar-refractivity contribution is -0.127. The quantitative estimate of drug-likeness (QED) is 0.353. The number of nitrogens with zero attached hydrogens (tertiary/aromatic N) is 1. The van der Waals surface area contributed by atoms with Crippen LogP contribution in [0.4, 0.5) is 0 Å². The molecule has 0 radical (unpaired) electrons. The molecule has 1 aromatic rings. The number of amides is 2. The molecule has 0 spiro atoms. The number of thioether (sulfide) groups is 1. The third-order valence-corrected chi connectivity index (χ3v) is 9.78. The molecule has 1 saturated heterocycles. The van der Waals surface area contributed by atoms with Crippen LogP contribution in [0, 0.1) is 29.1 Å². The number of carbonyl (C=O) groups is 2. The predicted octanol–water partition coefficient (Wildman–Crippen LogP) is 1.85. The van der Waals surface area contributed by atoms with Crippen molar-refractivity contribution >= 4 is 33.4 Å². The summed E-state index contributed by atoms with van der Waals surface area (Å²) in [4.78, 5) is 25.5. The Labute approximate surface area is 200 Å². The van der Waals surface area contributed by atoms with Crippen LogP contribution >= 0.6 is 11.8 Å². The van der Waals surface area contributed by atoms with Crippen molar-refractivity contribution < 1.29 is 18.0 Å². The number of nitrogens with one attached hydrogen (secondary N) is 2. The Morgan fingerprint density at radius 2 is 1.91 bits per heavy atom. The fourth-order valence-electron chi connectivity index (χ4n) is 4.78. The Morgan fingerprint density at radius 1 is 1.18 bits per heavy atom. The number of sulfone groups is 1. The zero-order chi connectivity index (χ0) is 23.8. The first-order valence-electron chi connectivity index (χ1n) is 11.5. The van der Waals surface area contributed by atoms with E-state index in [4.69, 9.17) is 11.0 Å². The molecule has 4 N–H and O–H groups in total. The lowest BCUT2D eigenvalue weighted by Gasteiger charge is -2.30. The van der Waals surface area contributed by atoms with Crippen molar-refractivity contribution in [2.24, 2.45) is 23.5 Å². The first-order chi connectivity index (χ1) is 15.8. The van der Waals surface area contributed by atoms with Crippen molar-refractivity contribution in [3.63, 3.8) is 0 Å². The van der Waals surface area contributed by atoms with E-state index in [0.29, 0.717) is 12.8 Å². The highest BCUT2D eigenvalue weighted by molar-refractivity contribution is 8.00. The normalized spacial score (nSPS) is 24.4. The van der Waals surface area contributed by atoms with Gasteiger partial charge in [0.2, 0.25) is 11.8 Å². The van der Waals surface area contributed by atoms with Crippen LogP contribution in [0.15, 0.2) is 34.1 Å². The van der Waals surface area contributed by atoms with Crippen molar-refractivity contribution in [1.29, 1.82) is 5.26 Å². The van der Waals surface area contributed by atoms with Gasteiger partial charge in [-0.3, -0.25) is 9.59 Å². The standard InChI is InChI=1S/C23H32N4O4S2/c24-11-13-27-23(29)20-6-2-1-4-17(20)15-33(30,31)19-9-7-18(8-10-19)32-21(22(25)28)16-5-3-12-26-14-16/h7-10,16-17,20-21,26H,1-6,12-15H2,(H2,25,28)(H,27,29)/t16?,17-,20+,21?/m1/s1. The molecule has 0 bridgehead atoms. The van der Waals surface area contributed by atoms with Gasteiger partial charge in [-0.2, -0.15) is 5.26 Å². The van der Waals surface area contributed by atoms with E-state index in [-0.39, 0.29) is 46.1 Å². The van der Waals surface area contributed by atoms with E-state index in [9.17, 15) is 18.0 Å². The van der Waals surface area contributed by atoms with Gasteiger partial charge in [0.15, 0.2) is 9.84 Å². The van der Waals surface area contributed by atoms with Crippen LogP contribution in [0.2, 0.25) is 0 Å². The van der Waals surface area contributed by atoms with E-state index in [1.165, 1.54) is 11.8 Å². The summed E-state index contributed by atoms with van der Waals surface area (Å²) in [6.07, 6.45) is 5.02. The van der Waals surface area contributed by atoms with Gasteiger partial charge in [0.1, 0.15) is 6.54 Å². The van der Waals surface area contributed by atoms with Crippen LogP contribution in [0.5, 0.6) is 0 Å². The van der Waals surface area contributed by atoms with E-state index < -0.39 is 15.8 Å². The van der Waals surface area contributed by atoms with Crippen LogP contribution in [0.25, 0.3) is 0 Å². The molecular weight excluding hydrogens is 460 g/mol. The zero-order valence-electron chi connectivity index (χ0n) is 18.7. The summed E-state index contributed by atoms with van der Waals surface area (Å²) < 4.78 is 26.2. The molecule has 1 aromatic carbocycles. The molecule has 1 aliphatic heterocycles. The maximum absolute atomic E-state index is 13.1. The Morgan fingerprint density at radius 3 is 2.55 bits per heavy atom. The summed E-state index contributed by atoms with van der Waals surface area (Å²) in [5.74, 6) is -1.20. The summed E-state index contributed by atoms with van der Waals surface area (Å²) >= 11 is 1.38. The van der Waals surface area contributed by atoms with Gasteiger partial charge in [0, 0.05) is 10.8 Å². The molecule has 4 atom stereocenters. The maximum Gasteiger partial charge on any atom is 0.231 e. The SMILES string of the molecule is N#CCNC(=O)[C@H]1CCCC[C@@H]1CS(=O)(=O)c1ccc(SC(C(N)=O)C2CCCNC2)cc1. The second kappa shape index (κ2) is 11.9. The zero-order valence-corrected chi connectivity index (χ0v) is 20.3. The minimum atomic E-state index is -3.58. The molecule has 2 unspecified atom stereocenters. The van der Waals surface area contributed by atoms with Crippen LogP contribution in [0.1, 0.15) is 38.5 Å². The number of hydrogen-bond acceptors (Lipinski definition) is 7. The lowest BCUT2D eigenvalue weighted by atomic mass is 9.80. The molecule has 33 heavy (non-hydrogen) atoms. The van der Waals surface area contributed by atoms with Gasteiger partial charge in [-0.05, 0) is 74.9 Å². The molecular formula is C23H32N4O4S2. The summed E-state index contributed by atoms with van der Waals surface area (Å²) in [7, 11) is -3.58. The highest BCUT2D eigenvalue weighted by Gasteiger charge is 2.34. The molecule has 1 aliphatic carbocycles. The van der Waals surface area contributed by atoms with Crippen molar-refractivity contribution in [2.45, 2.75) is 53.6 Å². The van der Waals surface area contributed by atoms with Gasteiger partial charge in [-0.15, -0.1) is 11.8 Å². The molecule has 2 fully saturated rings. The summed E-state index contributed by atoms with van der Waals surface area (Å²) in [6.45, 7) is 1.62. The van der Waals surface area contributed by atoms with Crippen LogP contribution < -0.4 is 16.4 Å². The molecule has 8 nitrogen and oxygen atoms in total. The largest absolute Gasteiger partial charge is 0.369 e. The van der Waals surface area contributed by atoms with E-state index in [1.54, 1.807) is 24.3 Å². The fourth-order valence-corrected chi connectivity index (χ4v) is 7.62. The monoisotopic (exact) mass is 492 g/mol. The molecule has 2 amide bonds. The molecule has 1 saturated carbocycles. The van der Waals surface area contributed by atoms with Gasteiger partial charge in [-0.25, -0.2) is 8.42 Å². The fraction of sp³-hybridized carbons (Fsp3) is 0.609. The summed E-state index contributed by atoms with van der Waals surface area (Å²) in [6, 6.07) is 8.48. The summed E-state index contributed by atoms with van der Waals surface area (Å²) in [5, 5.41) is 14.2. The minimum absolute atomic E-state index is 0.0723. The number of carbonyl (C=O) groups excluding carboxylic acids is 2. The number of primary amides is 1. The Balaban J connectivity index is 1.67. The van der Waals surface area contributed by atoms with Crippen molar-refractivity contribution in [3.8, 4) is 6.07 Å². The Hall–Kier alpha value is -2.09. The van der Waals surface area contributed by atoms with Crippen LogP contribution in [0.3, 0.4) is 0 Å². The first kappa shape index (κ1) is 25.5. The molecule has 3 rings (SSSR count). The van der Waals surface area contributed by atoms with Crippen molar-refractivity contribution in [3.05, 3.63) is 24.3 Å². The molecule has 180 valence electrons. The van der Waals surface area contributed by atoms with Crippen LogP contribution in [-0.2, 0) is 19.4 Å². The van der Waals surface area contributed by atoms with Gasteiger partial charge in [0.25, 0.3) is 0 Å². The van der Waals surface area contributed by atoms with Gasteiger partial charge in [0.05, 0.1) is 22.0 Å². The second-order valence-corrected chi connectivity index (χ2v) is 12.1. The van der Waals surface area contributed by atoms with Gasteiger partial charge in [-0.1, -0.05) is 12.8 Å². The number of benzene rings is 1. The molecule has 10 heteroatoms. The number of piperidine rings is 1. The topological polar surface area (TPSA) is 142 Å². The maximum atomic E-state index is 13.1. The third kappa shape index (κ3) is 6.95. The smallest absolute Gasteiger partial charge is 0.231 e. The van der Waals surface area contributed by atoms with Gasteiger partial charge >= 0.3 is 0 Å². The van der Waals surface area contributed by atoms with Gasteiger partial charge < -0.3 is 16.4 Å². The average Bonchev–Trinajstić information content (AvgIpc) is 2.81. The highest BCUT2D eigenvalue weighted by atomic mass is 32.2. The van der Waals surface area contributed by atoms with E-state index >= 15 is 0 Å². The Kier molecular flexibility index (Phi) is 9.18. The number of rotatable bonds is 9. The number of nitriles is 1. The van der Waals surface area contributed by atoms with E-state index in [2.05, 4.69) is 10.6 Å². The summed E-state index contributed by atoms with van der Waals surface area (Å²) in [5.41, 5.74) is 5.65. The average molecular weight is 493 g/mol. The number of nitrogens with two attached hydrogens (primary N) is 1. The molecule has 2 aliphatic rings. The molecule has 1 heterocycles. The first-order valence-corrected chi connectivity index (χ1v) is 14.0. The predicted molar refractivity (Wildman–Crippen MR) is 127 cm³/mol. The van der Waals surface area contributed by atoms with Crippen molar-refractivity contribution in [1.82, 2.24) is 10.6 Å². The number of hydrogen-bond donors (Lipinski definition) is 3. The van der Waals surface area contributed by atoms with E-state index in [0.717, 1.165) is 43.7 Å². The Bertz CT molecular complexity index is 969. The lowest BCUT2D eigenvalue weighted by Crippen LogP contribution is -2.41. The van der Waals surface area contributed by atoms with Crippen LogP contribution in [-0.4, -0.2) is 50.9 Å². The molecule has 0 aromatic heterocycles. The highest BCUT2D eigenvalue weighted by Crippen LogP contribution is 2.34.